The van der Waals surface area contributed by atoms with Crippen molar-refractivity contribution in [3.05, 3.63) is 22.4 Å². The van der Waals surface area contributed by atoms with Crippen LogP contribution in [-0.2, 0) is 20.7 Å². The van der Waals surface area contributed by atoms with E-state index in [1.54, 1.807) is 11.3 Å². The van der Waals surface area contributed by atoms with Crippen LogP contribution in [0.15, 0.2) is 16.8 Å². The minimum Gasteiger partial charge on any atom is -0.273 e. The summed E-state index contributed by atoms with van der Waals surface area (Å²) in [5.74, 6) is 0.119. The third-order valence-corrected chi connectivity index (χ3v) is 3.97. The van der Waals surface area contributed by atoms with E-state index in [1.807, 2.05) is 5.38 Å². The predicted octanol–water partition coefficient (Wildman–Crippen LogP) is 2.05. The topological polar surface area (TPSA) is 43.4 Å². The molecule has 0 saturated carbocycles. The van der Waals surface area contributed by atoms with Crippen LogP contribution in [0, 0.1) is 0 Å². The highest BCUT2D eigenvalue weighted by molar-refractivity contribution is 7.86. The van der Waals surface area contributed by atoms with Gasteiger partial charge in [0.25, 0.3) is 10.1 Å². The summed E-state index contributed by atoms with van der Waals surface area (Å²) in [5, 5.41) is 4.12. The Kier molecular flexibility index (Phi) is 4.57. The van der Waals surface area contributed by atoms with E-state index in [1.165, 1.54) is 12.7 Å². The van der Waals surface area contributed by atoms with E-state index in [-0.39, 0.29) is 5.75 Å². The van der Waals surface area contributed by atoms with Gasteiger partial charge < -0.3 is 0 Å². The van der Waals surface area contributed by atoms with Crippen LogP contribution in [0.5, 0.6) is 0 Å². The fourth-order valence-electron chi connectivity index (χ4n) is 1.13. The van der Waals surface area contributed by atoms with E-state index in [2.05, 4.69) is 15.6 Å². The van der Waals surface area contributed by atoms with Gasteiger partial charge in [-0.1, -0.05) is 0 Å². The molecule has 0 fully saturated rings. The van der Waals surface area contributed by atoms with E-state index in [0.717, 1.165) is 12.8 Å². The third-order valence-electron chi connectivity index (χ3n) is 1.94. The monoisotopic (exact) mass is 234 g/mol. The first-order valence-electron chi connectivity index (χ1n) is 4.43. The van der Waals surface area contributed by atoms with Gasteiger partial charge in [-0.15, -0.1) is 0 Å². The molecule has 5 heteroatoms. The van der Waals surface area contributed by atoms with Crippen molar-refractivity contribution in [2.75, 3.05) is 12.9 Å². The SMILES string of the molecule is COS(=O)(=O)CCCCc1ccsc1. The summed E-state index contributed by atoms with van der Waals surface area (Å²) >= 11 is 1.66. The highest BCUT2D eigenvalue weighted by Crippen LogP contribution is 2.10. The van der Waals surface area contributed by atoms with E-state index in [9.17, 15) is 8.42 Å². The minimum atomic E-state index is -3.26. The highest BCUT2D eigenvalue weighted by atomic mass is 32.2. The predicted molar refractivity (Wildman–Crippen MR) is 58.1 cm³/mol. The van der Waals surface area contributed by atoms with Crippen molar-refractivity contribution in [2.24, 2.45) is 0 Å². The van der Waals surface area contributed by atoms with Crippen molar-refractivity contribution in [3.8, 4) is 0 Å². The summed E-state index contributed by atoms with van der Waals surface area (Å²) in [7, 11) is -2.06. The molecule has 80 valence electrons. The summed E-state index contributed by atoms with van der Waals surface area (Å²) in [6.07, 6.45) is 2.49. The van der Waals surface area contributed by atoms with Crippen molar-refractivity contribution in [1.29, 1.82) is 0 Å². The smallest absolute Gasteiger partial charge is 0.267 e. The van der Waals surface area contributed by atoms with E-state index < -0.39 is 10.1 Å². The van der Waals surface area contributed by atoms with Gasteiger partial charge in [0.2, 0.25) is 0 Å². The molecular formula is C9H14O3S2. The Bertz CT molecular complexity index is 340. The summed E-state index contributed by atoms with van der Waals surface area (Å²) in [6.45, 7) is 0. The molecule has 0 radical (unpaired) electrons. The molecule has 0 unspecified atom stereocenters. The summed E-state index contributed by atoms with van der Waals surface area (Å²) < 4.78 is 26.2. The number of aryl methyl sites for hydroxylation is 1. The van der Waals surface area contributed by atoms with Gasteiger partial charge >= 0.3 is 0 Å². The molecule has 1 heterocycles. The Hall–Kier alpha value is -0.390. The van der Waals surface area contributed by atoms with Gasteiger partial charge in [0.1, 0.15) is 0 Å². The molecule has 3 nitrogen and oxygen atoms in total. The largest absolute Gasteiger partial charge is 0.273 e. The Balaban J connectivity index is 2.17. The van der Waals surface area contributed by atoms with Gasteiger partial charge in [-0.2, -0.15) is 19.8 Å². The zero-order chi connectivity index (χ0) is 10.4. The van der Waals surface area contributed by atoms with Gasteiger partial charge in [0.15, 0.2) is 0 Å². The van der Waals surface area contributed by atoms with Crippen LogP contribution in [0.2, 0.25) is 0 Å². The Labute approximate surface area is 88.8 Å². The van der Waals surface area contributed by atoms with E-state index >= 15 is 0 Å². The van der Waals surface area contributed by atoms with Crippen molar-refractivity contribution in [2.45, 2.75) is 19.3 Å². The van der Waals surface area contributed by atoms with Crippen molar-refractivity contribution in [1.82, 2.24) is 0 Å². The van der Waals surface area contributed by atoms with Gasteiger partial charge in [-0.3, -0.25) is 4.18 Å². The van der Waals surface area contributed by atoms with Gasteiger partial charge in [-0.05, 0) is 41.7 Å². The second-order valence-electron chi connectivity index (χ2n) is 3.02. The minimum absolute atomic E-state index is 0.119. The molecule has 0 amide bonds. The molecule has 0 atom stereocenters. The third kappa shape index (κ3) is 4.21. The van der Waals surface area contributed by atoms with Crippen LogP contribution < -0.4 is 0 Å². The van der Waals surface area contributed by atoms with Gasteiger partial charge in [-0.25, -0.2) is 0 Å². The zero-order valence-corrected chi connectivity index (χ0v) is 9.73. The Morgan fingerprint density at radius 3 is 2.79 bits per heavy atom. The Morgan fingerprint density at radius 1 is 1.43 bits per heavy atom. The van der Waals surface area contributed by atoms with Gasteiger partial charge in [0, 0.05) is 0 Å². The normalized spacial score (nSPS) is 11.8. The summed E-state index contributed by atoms with van der Waals surface area (Å²) in [4.78, 5) is 0. The molecule has 0 bridgehead atoms. The molecule has 0 aliphatic heterocycles. The molecular weight excluding hydrogens is 220 g/mol. The van der Waals surface area contributed by atoms with Crippen LogP contribution in [-0.4, -0.2) is 21.3 Å². The maximum Gasteiger partial charge on any atom is 0.267 e. The Morgan fingerprint density at radius 2 is 2.21 bits per heavy atom. The standard InChI is InChI=1S/C9H14O3S2/c1-12-14(10,11)7-3-2-4-9-5-6-13-8-9/h5-6,8H,2-4,7H2,1H3. The summed E-state index contributed by atoms with van der Waals surface area (Å²) in [5.41, 5.74) is 1.28. The second kappa shape index (κ2) is 5.48. The van der Waals surface area contributed by atoms with Crippen LogP contribution in [0.3, 0.4) is 0 Å². The molecule has 0 N–H and O–H groups in total. The quantitative estimate of drug-likeness (QED) is 0.559. The highest BCUT2D eigenvalue weighted by Gasteiger charge is 2.07. The lowest BCUT2D eigenvalue weighted by molar-refractivity contribution is 0.396. The molecule has 1 aromatic rings. The molecule has 0 aromatic carbocycles. The fraction of sp³-hybridized carbons (Fsp3) is 0.556. The number of rotatable bonds is 6. The van der Waals surface area contributed by atoms with Gasteiger partial charge in [0.05, 0.1) is 12.9 Å². The zero-order valence-electron chi connectivity index (χ0n) is 8.10. The van der Waals surface area contributed by atoms with Crippen molar-refractivity contribution < 1.29 is 12.6 Å². The molecule has 0 aliphatic rings. The molecule has 1 rings (SSSR count). The second-order valence-corrected chi connectivity index (χ2v) is 5.65. The molecule has 0 spiro atoms. The van der Waals surface area contributed by atoms with Crippen molar-refractivity contribution in [3.63, 3.8) is 0 Å². The van der Waals surface area contributed by atoms with Crippen LogP contribution in [0.1, 0.15) is 18.4 Å². The number of unbranched alkanes of at least 4 members (excludes halogenated alkanes) is 1. The first kappa shape index (κ1) is 11.7. The number of thiophene rings is 1. The number of hydrogen-bond acceptors (Lipinski definition) is 4. The fourth-order valence-corrected chi connectivity index (χ4v) is 2.55. The van der Waals surface area contributed by atoms with Crippen LogP contribution >= 0.6 is 11.3 Å². The molecule has 0 saturated heterocycles. The maximum absolute atomic E-state index is 10.9. The number of hydrogen-bond donors (Lipinski definition) is 0. The van der Waals surface area contributed by atoms with E-state index in [4.69, 9.17) is 0 Å². The first-order chi connectivity index (χ1) is 6.64. The lowest BCUT2D eigenvalue weighted by Gasteiger charge is -2.00. The van der Waals surface area contributed by atoms with Crippen LogP contribution in [0.25, 0.3) is 0 Å². The first-order valence-corrected chi connectivity index (χ1v) is 6.95. The molecule has 0 aliphatic carbocycles. The lowest BCUT2D eigenvalue weighted by Crippen LogP contribution is -2.07. The average Bonchev–Trinajstić information content (AvgIpc) is 2.65. The van der Waals surface area contributed by atoms with Crippen molar-refractivity contribution >= 4 is 21.5 Å². The molecule has 1 aromatic heterocycles. The van der Waals surface area contributed by atoms with Crippen LogP contribution in [0.4, 0.5) is 0 Å². The maximum atomic E-state index is 10.9. The van der Waals surface area contributed by atoms with E-state index in [0.29, 0.717) is 6.42 Å². The lowest BCUT2D eigenvalue weighted by atomic mass is 10.2. The average molecular weight is 234 g/mol. The summed E-state index contributed by atoms with van der Waals surface area (Å²) in [6, 6.07) is 2.06. The molecule has 14 heavy (non-hydrogen) atoms.